The number of halogens is 1. The van der Waals surface area contributed by atoms with Crippen LogP contribution >= 0.6 is 22.9 Å². The van der Waals surface area contributed by atoms with Crippen LogP contribution in [0.15, 0.2) is 0 Å². The average Bonchev–Trinajstić information content (AvgIpc) is 2.62. The smallest absolute Gasteiger partial charge is 0.282 e. The first kappa shape index (κ1) is 12.7. The quantitative estimate of drug-likeness (QED) is 0.902. The highest BCUT2D eigenvalue weighted by Gasteiger charge is 2.39. The molecule has 0 atom stereocenters. The van der Waals surface area contributed by atoms with E-state index in [-0.39, 0.29) is 11.4 Å². The lowest BCUT2D eigenvalue weighted by atomic mass is 9.75. The molecule has 1 heterocycles. The third-order valence-electron chi connectivity index (χ3n) is 3.41. The normalized spacial score (nSPS) is 17.9. The van der Waals surface area contributed by atoms with E-state index in [2.05, 4.69) is 20.4 Å². The molecule has 1 saturated carbocycles. The first-order chi connectivity index (χ1) is 8.03. The highest BCUT2D eigenvalue weighted by Crippen LogP contribution is 2.35. The summed E-state index contributed by atoms with van der Waals surface area (Å²) in [4.78, 5) is 14.0. The molecule has 7 heteroatoms. The van der Waals surface area contributed by atoms with Crippen molar-refractivity contribution in [2.75, 3.05) is 20.6 Å². The van der Waals surface area contributed by atoms with Crippen LogP contribution in [0, 0.1) is 0 Å². The van der Waals surface area contributed by atoms with Crippen LogP contribution in [0.5, 0.6) is 0 Å². The molecular weight excluding hydrogens is 260 g/mol. The molecule has 0 radical (unpaired) electrons. The summed E-state index contributed by atoms with van der Waals surface area (Å²) in [6.45, 7) is 0.649. The largest absolute Gasteiger partial charge is 0.348 e. The maximum Gasteiger partial charge on any atom is 0.282 e. The first-order valence-corrected chi connectivity index (χ1v) is 6.68. The zero-order valence-corrected chi connectivity index (χ0v) is 11.4. The molecular formula is C10H15ClN4OS. The highest BCUT2D eigenvalue weighted by atomic mass is 35.5. The summed E-state index contributed by atoms with van der Waals surface area (Å²) >= 11 is 6.74. The van der Waals surface area contributed by atoms with E-state index in [1.165, 1.54) is 6.42 Å². The zero-order chi connectivity index (χ0) is 12.5. The van der Waals surface area contributed by atoms with Gasteiger partial charge in [-0.2, -0.15) is 0 Å². The number of carbonyl (C=O) groups is 1. The molecule has 1 amide bonds. The number of nitrogens with zero attached hydrogens (tertiary/aromatic N) is 3. The van der Waals surface area contributed by atoms with Crippen LogP contribution in [0.2, 0.25) is 4.47 Å². The molecule has 17 heavy (non-hydrogen) atoms. The minimum Gasteiger partial charge on any atom is -0.348 e. The zero-order valence-electron chi connectivity index (χ0n) is 9.86. The summed E-state index contributed by atoms with van der Waals surface area (Å²) in [5.41, 5.74) is 0.115. The molecule has 1 aliphatic rings. The van der Waals surface area contributed by atoms with Crippen molar-refractivity contribution >= 4 is 28.8 Å². The Hall–Kier alpha value is -0.720. The van der Waals surface area contributed by atoms with Gasteiger partial charge in [-0.15, -0.1) is 10.2 Å². The standard InChI is InChI=1S/C10H15ClN4OS/c1-15(2)10(4-3-5-10)6-12-7(16)8-13-14-9(11)17-8/h3-6H2,1-2H3,(H,12,16). The van der Waals surface area contributed by atoms with E-state index in [9.17, 15) is 4.79 Å². The second-order valence-electron chi connectivity index (χ2n) is 4.52. The van der Waals surface area contributed by atoms with Gasteiger partial charge in [0.25, 0.3) is 5.91 Å². The van der Waals surface area contributed by atoms with Crippen molar-refractivity contribution in [3.05, 3.63) is 9.47 Å². The Balaban J connectivity index is 1.92. The molecule has 0 aliphatic heterocycles. The van der Waals surface area contributed by atoms with E-state index in [0.717, 1.165) is 24.2 Å². The Morgan fingerprint density at radius 3 is 2.65 bits per heavy atom. The van der Waals surface area contributed by atoms with E-state index in [1.54, 1.807) is 0 Å². The minimum absolute atomic E-state index is 0.115. The van der Waals surface area contributed by atoms with Crippen molar-refractivity contribution in [1.29, 1.82) is 0 Å². The molecule has 0 unspecified atom stereocenters. The summed E-state index contributed by atoms with van der Waals surface area (Å²) in [7, 11) is 4.10. The molecule has 1 aromatic rings. The van der Waals surface area contributed by atoms with Crippen LogP contribution in [-0.2, 0) is 0 Å². The summed E-state index contributed by atoms with van der Waals surface area (Å²) in [6.07, 6.45) is 3.47. The maximum absolute atomic E-state index is 11.8. The molecule has 1 aromatic heterocycles. The number of likely N-dealkylation sites (N-methyl/N-ethyl adjacent to an activating group) is 1. The Bertz CT molecular complexity index is 416. The molecule has 0 spiro atoms. The fourth-order valence-electron chi connectivity index (χ4n) is 1.98. The fourth-order valence-corrected chi connectivity index (χ4v) is 2.73. The number of nitrogens with one attached hydrogen (secondary N) is 1. The predicted molar refractivity (Wildman–Crippen MR) is 67.5 cm³/mol. The van der Waals surface area contributed by atoms with E-state index >= 15 is 0 Å². The summed E-state index contributed by atoms with van der Waals surface area (Å²) < 4.78 is 0.293. The second kappa shape index (κ2) is 4.88. The van der Waals surface area contributed by atoms with Crippen molar-refractivity contribution in [2.45, 2.75) is 24.8 Å². The van der Waals surface area contributed by atoms with Crippen molar-refractivity contribution in [1.82, 2.24) is 20.4 Å². The summed E-state index contributed by atoms with van der Waals surface area (Å²) in [6, 6.07) is 0. The highest BCUT2D eigenvalue weighted by molar-refractivity contribution is 7.17. The second-order valence-corrected chi connectivity index (χ2v) is 6.07. The number of rotatable bonds is 4. The lowest BCUT2D eigenvalue weighted by molar-refractivity contribution is 0.0557. The van der Waals surface area contributed by atoms with Gasteiger partial charge in [-0.1, -0.05) is 11.3 Å². The third-order valence-corrected chi connectivity index (χ3v) is 4.42. The van der Waals surface area contributed by atoms with Gasteiger partial charge in [-0.05, 0) is 45.0 Å². The fraction of sp³-hybridized carbons (Fsp3) is 0.700. The van der Waals surface area contributed by atoms with E-state index in [1.807, 2.05) is 14.1 Å². The van der Waals surface area contributed by atoms with Gasteiger partial charge >= 0.3 is 0 Å². The number of hydrogen-bond donors (Lipinski definition) is 1. The molecule has 1 N–H and O–H groups in total. The molecule has 0 saturated heterocycles. The Labute approximate surface area is 109 Å². The van der Waals surface area contributed by atoms with Crippen LogP contribution in [0.4, 0.5) is 0 Å². The van der Waals surface area contributed by atoms with Crippen LogP contribution in [0.25, 0.3) is 0 Å². The predicted octanol–water partition coefficient (Wildman–Crippen LogP) is 1.41. The monoisotopic (exact) mass is 274 g/mol. The summed E-state index contributed by atoms with van der Waals surface area (Å²) in [5.74, 6) is -0.192. The van der Waals surface area contributed by atoms with Crippen molar-refractivity contribution < 1.29 is 4.79 Å². The van der Waals surface area contributed by atoms with Gasteiger partial charge in [0.15, 0.2) is 0 Å². The van der Waals surface area contributed by atoms with Crippen molar-refractivity contribution in [3.63, 3.8) is 0 Å². The van der Waals surface area contributed by atoms with Crippen LogP contribution < -0.4 is 5.32 Å². The molecule has 0 bridgehead atoms. The van der Waals surface area contributed by atoms with Crippen molar-refractivity contribution in [3.8, 4) is 0 Å². The van der Waals surface area contributed by atoms with Gasteiger partial charge in [0.1, 0.15) is 0 Å². The summed E-state index contributed by atoms with van der Waals surface area (Å²) in [5, 5.41) is 10.6. The average molecular weight is 275 g/mol. The van der Waals surface area contributed by atoms with Crippen LogP contribution in [-0.4, -0.2) is 47.2 Å². The molecule has 1 aliphatic carbocycles. The van der Waals surface area contributed by atoms with E-state index in [0.29, 0.717) is 16.0 Å². The Morgan fingerprint density at radius 2 is 2.24 bits per heavy atom. The topological polar surface area (TPSA) is 58.1 Å². The van der Waals surface area contributed by atoms with Gasteiger partial charge < -0.3 is 10.2 Å². The van der Waals surface area contributed by atoms with Crippen LogP contribution in [0.1, 0.15) is 29.1 Å². The maximum atomic E-state index is 11.8. The SMILES string of the molecule is CN(C)C1(CNC(=O)c2nnc(Cl)s2)CCC1. The van der Waals surface area contributed by atoms with Crippen molar-refractivity contribution in [2.24, 2.45) is 0 Å². The van der Waals surface area contributed by atoms with E-state index < -0.39 is 0 Å². The molecule has 94 valence electrons. The van der Waals surface area contributed by atoms with Gasteiger partial charge in [0, 0.05) is 12.1 Å². The van der Waals surface area contributed by atoms with Crippen LogP contribution in [0.3, 0.4) is 0 Å². The number of aromatic nitrogens is 2. The molecule has 0 aromatic carbocycles. The number of hydrogen-bond acceptors (Lipinski definition) is 5. The molecule has 1 fully saturated rings. The van der Waals surface area contributed by atoms with Gasteiger partial charge in [-0.3, -0.25) is 4.79 Å². The third kappa shape index (κ3) is 2.59. The number of amides is 1. The first-order valence-electron chi connectivity index (χ1n) is 5.48. The Kier molecular flexibility index (Phi) is 3.65. The molecule has 5 nitrogen and oxygen atoms in total. The minimum atomic E-state index is -0.192. The van der Waals surface area contributed by atoms with Gasteiger partial charge in [0.05, 0.1) is 0 Å². The molecule has 2 rings (SSSR count). The van der Waals surface area contributed by atoms with E-state index in [4.69, 9.17) is 11.6 Å². The Morgan fingerprint density at radius 1 is 1.53 bits per heavy atom. The lowest BCUT2D eigenvalue weighted by Gasteiger charge is -2.47. The lowest BCUT2D eigenvalue weighted by Crippen LogP contribution is -2.57. The van der Waals surface area contributed by atoms with Gasteiger partial charge in [0.2, 0.25) is 9.47 Å². The number of carbonyl (C=O) groups excluding carboxylic acids is 1. The van der Waals surface area contributed by atoms with Gasteiger partial charge in [-0.25, -0.2) is 0 Å².